The second-order valence-corrected chi connectivity index (χ2v) is 8.63. The van der Waals surface area contributed by atoms with Crippen LogP contribution in [0.25, 0.3) is 11.0 Å². The fourth-order valence-electron chi connectivity index (χ4n) is 3.94. The number of nitrogens with zero attached hydrogens (tertiary/aromatic N) is 1. The van der Waals surface area contributed by atoms with Crippen molar-refractivity contribution in [3.63, 3.8) is 0 Å². The van der Waals surface area contributed by atoms with E-state index in [2.05, 4.69) is 15.9 Å². The predicted molar refractivity (Wildman–Crippen MR) is 121 cm³/mol. The van der Waals surface area contributed by atoms with Gasteiger partial charge < -0.3 is 4.42 Å². The lowest BCUT2D eigenvalue weighted by Crippen LogP contribution is -2.29. The number of hydrogen-bond donors (Lipinski definition) is 0. The number of anilines is 1. The first-order chi connectivity index (χ1) is 14.4. The van der Waals surface area contributed by atoms with Crippen LogP contribution in [0.1, 0.15) is 33.3 Å². The van der Waals surface area contributed by atoms with Gasteiger partial charge in [0.05, 0.1) is 17.0 Å². The Bertz CT molecular complexity index is 1380. The molecule has 5 rings (SSSR count). The van der Waals surface area contributed by atoms with E-state index >= 15 is 0 Å². The fraction of sp³-hybridized carbons (Fsp3) is 0.0833. The Labute approximate surface area is 185 Å². The summed E-state index contributed by atoms with van der Waals surface area (Å²) < 4.78 is 6.81. The molecule has 6 heteroatoms. The third-order valence-electron chi connectivity index (χ3n) is 5.30. The SMILES string of the molecule is Cc1ccc2oc3c(c(=O)c2c1)C(c1ccc(Cl)cc1)N(c1cccc(Br)c1)C3=O. The van der Waals surface area contributed by atoms with Crippen LogP contribution >= 0.6 is 27.5 Å². The maximum atomic E-state index is 13.5. The normalized spacial score (nSPS) is 15.6. The van der Waals surface area contributed by atoms with Crippen molar-refractivity contribution in [2.45, 2.75) is 13.0 Å². The highest BCUT2D eigenvalue weighted by Crippen LogP contribution is 2.41. The Morgan fingerprint density at radius 1 is 1.00 bits per heavy atom. The van der Waals surface area contributed by atoms with Gasteiger partial charge in [-0.05, 0) is 55.0 Å². The van der Waals surface area contributed by atoms with Crippen molar-refractivity contribution in [1.29, 1.82) is 0 Å². The lowest BCUT2D eigenvalue weighted by atomic mass is 9.98. The molecule has 1 aliphatic heterocycles. The van der Waals surface area contributed by atoms with Gasteiger partial charge in [0, 0.05) is 15.2 Å². The van der Waals surface area contributed by atoms with Crippen LogP contribution in [0.15, 0.2) is 80.4 Å². The lowest BCUT2D eigenvalue weighted by molar-refractivity contribution is 0.0971. The summed E-state index contributed by atoms with van der Waals surface area (Å²) in [5.41, 5.74) is 2.96. The second kappa shape index (κ2) is 7.11. The highest BCUT2D eigenvalue weighted by Gasteiger charge is 2.43. The van der Waals surface area contributed by atoms with Gasteiger partial charge in [-0.2, -0.15) is 0 Å². The number of benzene rings is 3. The number of carbonyl (C=O) groups is 1. The first kappa shape index (κ1) is 19.1. The average Bonchev–Trinajstić information content (AvgIpc) is 3.02. The summed E-state index contributed by atoms with van der Waals surface area (Å²) in [6.07, 6.45) is 0. The number of hydrogen-bond acceptors (Lipinski definition) is 3. The van der Waals surface area contributed by atoms with Gasteiger partial charge in [-0.1, -0.05) is 57.4 Å². The minimum Gasteiger partial charge on any atom is -0.450 e. The number of carbonyl (C=O) groups excluding carboxylic acids is 1. The molecule has 0 spiro atoms. The molecule has 30 heavy (non-hydrogen) atoms. The molecule has 1 aliphatic rings. The van der Waals surface area contributed by atoms with Crippen molar-refractivity contribution in [3.05, 3.63) is 109 Å². The number of fused-ring (bicyclic) bond motifs is 2. The third-order valence-corrected chi connectivity index (χ3v) is 6.04. The Kier molecular flexibility index (Phi) is 4.53. The highest BCUT2D eigenvalue weighted by atomic mass is 79.9. The summed E-state index contributed by atoms with van der Waals surface area (Å²) in [7, 11) is 0. The largest absolute Gasteiger partial charge is 0.450 e. The third kappa shape index (κ3) is 2.97. The van der Waals surface area contributed by atoms with E-state index in [-0.39, 0.29) is 17.1 Å². The molecule has 148 valence electrons. The van der Waals surface area contributed by atoms with Crippen molar-refractivity contribution < 1.29 is 9.21 Å². The van der Waals surface area contributed by atoms with Crippen LogP contribution in [0.2, 0.25) is 5.02 Å². The zero-order chi connectivity index (χ0) is 21.0. The Balaban J connectivity index is 1.83. The highest BCUT2D eigenvalue weighted by molar-refractivity contribution is 9.10. The molecule has 0 aliphatic carbocycles. The summed E-state index contributed by atoms with van der Waals surface area (Å²) in [5, 5.41) is 1.05. The number of amides is 1. The van der Waals surface area contributed by atoms with Gasteiger partial charge in [0.2, 0.25) is 5.76 Å². The van der Waals surface area contributed by atoms with Crippen LogP contribution in [0.4, 0.5) is 5.69 Å². The van der Waals surface area contributed by atoms with Gasteiger partial charge in [-0.3, -0.25) is 14.5 Å². The Hall–Kier alpha value is -2.89. The molecule has 0 saturated heterocycles. The molecule has 0 saturated carbocycles. The number of rotatable bonds is 2. The van der Waals surface area contributed by atoms with Gasteiger partial charge in [-0.25, -0.2) is 0 Å². The van der Waals surface area contributed by atoms with Crippen LogP contribution in [-0.2, 0) is 0 Å². The molecule has 0 fully saturated rings. The Morgan fingerprint density at radius 2 is 1.77 bits per heavy atom. The van der Waals surface area contributed by atoms with Crippen molar-refractivity contribution >= 4 is 50.1 Å². The Morgan fingerprint density at radius 3 is 2.50 bits per heavy atom. The lowest BCUT2D eigenvalue weighted by Gasteiger charge is -2.25. The van der Waals surface area contributed by atoms with E-state index in [1.807, 2.05) is 49.4 Å². The summed E-state index contributed by atoms with van der Waals surface area (Å²) in [6, 6.07) is 19.4. The minimum absolute atomic E-state index is 0.0799. The number of halogens is 2. The monoisotopic (exact) mass is 479 g/mol. The quantitative estimate of drug-likeness (QED) is 0.340. The van der Waals surface area contributed by atoms with Crippen LogP contribution < -0.4 is 10.3 Å². The van der Waals surface area contributed by atoms with Crippen LogP contribution in [0.3, 0.4) is 0 Å². The van der Waals surface area contributed by atoms with E-state index in [4.69, 9.17) is 16.0 Å². The molecule has 3 aromatic carbocycles. The molecule has 0 bridgehead atoms. The maximum Gasteiger partial charge on any atom is 0.295 e. The van der Waals surface area contributed by atoms with Gasteiger partial charge in [0.1, 0.15) is 5.58 Å². The van der Waals surface area contributed by atoms with Gasteiger partial charge in [-0.15, -0.1) is 0 Å². The van der Waals surface area contributed by atoms with Crippen molar-refractivity contribution in [1.82, 2.24) is 0 Å². The second-order valence-electron chi connectivity index (χ2n) is 7.28. The van der Waals surface area contributed by atoms with Gasteiger partial charge in [0.15, 0.2) is 5.43 Å². The molecular formula is C24H15BrClNO3. The van der Waals surface area contributed by atoms with E-state index in [9.17, 15) is 9.59 Å². The van der Waals surface area contributed by atoms with Crippen molar-refractivity contribution in [2.75, 3.05) is 4.90 Å². The van der Waals surface area contributed by atoms with Crippen LogP contribution in [-0.4, -0.2) is 5.91 Å². The molecule has 1 amide bonds. The molecule has 1 unspecified atom stereocenters. The molecular weight excluding hydrogens is 466 g/mol. The van der Waals surface area contributed by atoms with E-state index < -0.39 is 6.04 Å². The zero-order valence-corrected chi connectivity index (χ0v) is 18.2. The zero-order valence-electron chi connectivity index (χ0n) is 15.9. The molecule has 0 radical (unpaired) electrons. The first-order valence-corrected chi connectivity index (χ1v) is 10.5. The van der Waals surface area contributed by atoms with Crippen molar-refractivity contribution in [3.8, 4) is 0 Å². The van der Waals surface area contributed by atoms with Crippen molar-refractivity contribution in [2.24, 2.45) is 0 Å². The molecule has 4 nitrogen and oxygen atoms in total. The minimum atomic E-state index is -0.611. The maximum absolute atomic E-state index is 13.5. The molecule has 0 N–H and O–H groups in total. The standard InChI is InChI=1S/C24H15BrClNO3/c1-13-5-10-19-18(11-13)22(28)20-21(14-6-8-16(26)9-7-14)27(24(29)23(20)30-19)17-4-2-3-15(25)12-17/h2-12,21H,1H3. The topological polar surface area (TPSA) is 50.5 Å². The summed E-state index contributed by atoms with van der Waals surface area (Å²) >= 11 is 9.55. The fourth-order valence-corrected chi connectivity index (χ4v) is 4.45. The van der Waals surface area contributed by atoms with Gasteiger partial charge in [0.25, 0.3) is 5.91 Å². The van der Waals surface area contributed by atoms with Gasteiger partial charge >= 0.3 is 0 Å². The molecule has 4 aromatic rings. The summed E-state index contributed by atoms with van der Waals surface area (Å²) in [6.45, 7) is 1.92. The van der Waals surface area contributed by atoms with Crippen LogP contribution in [0, 0.1) is 6.92 Å². The summed E-state index contributed by atoms with van der Waals surface area (Å²) in [5.74, 6) is -0.265. The van der Waals surface area contributed by atoms with E-state index in [0.29, 0.717) is 27.2 Å². The smallest absolute Gasteiger partial charge is 0.295 e. The molecule has 1 atom stereocenters. The average molecular weight is 481 g/mol. The number of aryl methyl sites for hydroxylation is 1. The van der Waals surface area contributed by atoms with E-state index in [0.717, 1.165) is 15.6 Å². The van der Waals surface area contributed by atoms with E-state index in [1.54, 1.807) is 29.2 Å². The van der Waals surface area contributed by atoms with E-state index in [1.165, 1.54) is 0 Å². The summed E-state index contributed by atoms with van der Waals surface area (Å²) in [4.78, 5) is 28.6. The van der Waals surface area contributed by atoms with Crippen LogP contribution in [0.5, 0.6) is 0 Å². The predicted octanol–water partition coefficient (Wildman–Crippen LogP) is 6.27. The first-order valence-electron chi connectivity index (χ1n) is 9.36. The molecule has 1 aromatic heterocycles. The molecule has 2 heterocycles.